The molecule has 12 nitrogen and oxygen atoms in total. The van der Waals surface area contributed by atoms with Gasteiger partial charge in [0.1, 0.15) is 5.82 Å². The molecule has 2 heterocycles. The van der Waals surface area contributed by atoms with Crippen molar-refractivity contribution in [2.75, 3.05) is 24.9 Å². The molecule has 0 radical (unpaired) electrons. The smallest absolute Gasteiger partial charge is 0.421 e. The van der Waals surface area contributed by atoms with Gasteiger partial charge in [-0.25, -0.2) is 8.42 Å². The highest BCUT2D eigenvalue weighted by atomic mass is 32.2. The molecule has 17 heteroatoms. The van der Waals surface area contributed by atoms with Crippen LogP contribution in [0.15, 0.2) is 52.2 Å². The minimum Gasteiger partial charge on any atom is -0.493 e. The number of fused-ring (bicyclic) bond motifs is 1. The van der Waals surface area contributed by atoms with Gasteiger partial charge < -0.3 is 24.7 Å². The molecule has 224 valence electrons. The Labute approximate surface area is 241 Å². The van der Waals surface area contributed by atoms with Gasteiger partial charge in [0, 0.05) is 19.2 Å². The Morgan fingerprint density at radius 2 is 1.71 bits per heavy atom. The number of carbonyl (C=O) groups is 2. The minimum absolute atomic E-state index is 0.112. The molecule has 1 atom stereocenters. The summed E-state index contributed by atoms with van der Waals surface area (Å²) in [6, 6.07) is 9.11. The number of amides is 2. The summed E-state index contributed by atoms with van der Waals surface area (Å²) in [6.45, 7) is 1.10. The number of benzene rings is 2. The lowest BCUT2D eigenvalue weighted by Gasteiger charge is -2.29. The van der Waals surface area contributed by atoms with E-state index in [0.717, 1.165) is 28.8 Å². The number of nitrogens with zero attached hydrogens (tertiary/aromatic N) is 1. The largest absolute Gasteiger partial charge is 0.493 e. The molecule has 1 unspecified atom stereocenters. The van der Waals surface area contributed by atoms with Crippen LogP contribution in [0.3, 0.4) is 0 Å². The minimum atomic E-state index is -5.61. The standard InChI is InChI=1S/C25H24F3N5O7S2/c1-13(34)29-15-5-7-16(8-6-15)42(37,38)32-24(25(26,27)28)19-20(30-22(24)36)33(23(41)31-21(19)35)11-10-14-4-9-17(39-2)18(12-14)40-3/h4-9,12,32H,10-11H2,1-3H3,(H,29,34)(H,30,36)(H,31,35,41). The Balaban J connectivity index is 1.78. The number of methoxy groups -OCH3 is 2. The van der Waals surface area contributed by atoms with Crippen LogP contribution in [0.4, 0.5) is 24.7 Å². The van der Waals surface area contributed by atoms with Gasteiger partial charge in [-0.1, -0.05) is 6.07 Å². The SMILES string of the molecule is COc1ccc(CCn2c3c(c(=O)[nH]c2=S)C(NS(=O)(=O)c2ccc(NC(C)=O)cc2)(C(F)(F)F)C(=O)N3)cc1OC. The van der Waals surface area contributed by atoms with Crippen LogP contribution in [0.2, 0.25) is 0 Å². The van der Waals surface area contributed by atoms with Crippen LogP contribution in [0.5, 0.6) is 11.5 Å². The number of alkyl halides is 3. The number of nitrogens with one attached hydrogen (secondary N) is 4. The summed E-state index contributed by atoms with van der Waals surface area (Å²) < 4.78 is 83.3. The number of aromatic nitrogens is 2. The van der Waals surface area contributed by atoms with Crippen LogP contribution in [-0.4, -0.2) is 50.2 Å². The number of H-pyrrole nitrogens is 1. The second kappa shape index (κ2) is 11.2. The molecule has 0 fully saturated rings. The molecule has 0 spiro atoms. The van der Waals surface area contributed by atoms with Crippen molar-refractivity contribution in [2.24, 2.45) is 0 Å². The van der Waals surface area contributed by atoms with Crippen LogP contribution in [0.25, 0.3) is 0 Å². The summed E-state index contributed by atoms with van der Waals surface area (Å²) in [7, 11) is -2.20. The number of anilines is 2. The van der Waals surface area contributed by atoms with E-state index in [1.54, 1.807) is 18.2 Å². The molecule has 1 aromatic heterocycles. The molecule has 4 rings (SSSR count). The fourth-order valence-corrected chi connectivity index (χ4v) is 6.06. The van der Waals surface area contributed by atoms with Crippen molar-refractivity contribution in [2.45, 2.75) is 36.5 Å². The summed E-state index contributed by atoms with van der Waals surface area (Å²) in [5, 5.41) is 4.42. The molecule has 1 aliphatic rings. The first-order valence-corrected chi connectivity index (χ1v) is 13.9. The second-order valence-corrected chi connectivity index (χ2v) is 11.2. The molecule has 42 heavy (non-hydrogen) atoms. The Kier molecular flexibility index (Phi) is 8.21. The molecule has 2 aromatic carbocycles. The molecule has 0 aliphatic carbocycles. The number of hydrogen-bond donors (Lipinski definition) is 4. The second-order valence-electron chi connectivity index (χ2n) is 9.09. The zero-order valence-corrected chi connectivity index (χ0v) is 23.8. The van der Waals surface area contributed by atoms with E-state index in [0.29, 0.717) is 17.1 Å². The molecule has 4 N–H and O–H groups in total. The Bertz CT molecular complexity index is 1790. The van der Waals surface area contributed by atoms with Gasteiger partial charge in [-0.2, -0.15) is 17.9 Å². The van der Waals surface area contributed by atoms with Crippen molar-refractivity contribution in [1.29, 1.82) is 0 Å². The van der Waals surface area contributed by atoms with E-state index >= 15 is 0 Å². The Morgan fingerprint density at radius 1 is 1.07 bits per heavy atom. The summed E-state index contributed by atoms with van der Waals surface area (Å²) in [5.74, 6) is -2.06. The van der Waals surface area contributed by atoms with Gasteiger partial charge in [-0.15, -0.1) is 0 Å². The maximum atomic E-state index is 14.8. The van der Waals surface area contributed by atoms with E-state index in [9.17, 15) is 36.0 Å². The third-order valence-corrected chi connectivity index (χ3v) is 8.21. The highest BCUT2D eigenvalue weighted by molar-refractivity contribution is 7.89. The average molecular weight is 628 g/mol. The first kappa shape index (κ1) is 30.7. The lowest BCUT2D eigenvalue weighted by atomic mass is 9.93. The average Bonchev–Trinajstić information content (AvgIpc) is 3.20. The third kappa shape index (κ3) is 5.49. The molecule has 3 aromatic rings. The van der Waals surface area contributed by atoms with Crippen molar-refractivity contribution in [3.8, 4) is 11.5 Å². The van der Waals surface area contributed by atoms with E-state index in [1.165, 1.54) is 25.9 Å². The van der Waals surface area contributed by atoms with Gasteiger partial charge in [-0.3, -0.25) is 19.4 Å². The highest BCUT2D eigenvalue weighted by Gasteiger charge is 2.69. The summed E-state index contributed by atoms with van der Waals surface area (Å²) >= 11 is 5.18. The van der Waals surface area contributed by atoms with Crippen LogP contribution in [0, 0.1) is 4.77 Å². The predicted molar refractivity (Wildman–Crippen MR) is 147 cm³/mol. The lowest BCUT2D eigenvalue weighted by Crippen LogP contribution is -2.61. The van der Waals surface area contributed by atoms with Crippen LogP contribution in [-0.2, 0) is 38.1 Å². The molecule has 0 saturated heterocycles. The maximum Gasteiger partial charge on any atom is 0.421 e. The van der Waals surface area contributed by atoms with Gasteiger partial charge in [0.05, 0.1) is 24.7 Å². The van der Waals surface area contributed by atoms with Gasteiger partial charge >= 0.3 is 6.18 Å². The number of sulfonamides is 1. The van der Waals surface area contributed by atoms with Crippen molar-refractivity contribution < 1.29 is 40.7 Å². The first-order chi connectivity index (χ1) is 19.6. The fourth-order valence-electron chi connectivity index (χ4n) is 4.46. The van der Waals surface area contributed by atoms with Crippen LogP contribution < -0.4 is 30.4 Å². The first-order valence-electron chi connectivity index (χ1n) is 12.0. The number of hydrogen-bond acceptors (Lipinski definition) is 8. The molecule has 0 saturated carbocycles. The Morgan fingerprint density at radius 3 is 2.29 bits per heavy atom. The topological polar surface area (TPSA) is 161 Å². The number of carbonyl (C=O) groups excluding carboxylic acids is 2. The van der Waals surface area contributed by atoms with E-state index in [1.807, 2.05) is 5.32 Å². The number of ether oxygens (including phenoxy) is 2. The summed E-state index contributed by atoms with van der Waals surface area (Å²) in [6.07, 6.45) is -5.45. The quantitative estimate of drug-likeness (QED) is 0.264. The van der Waals surface area contributed by atoms with Crippen molar-refractivity contribution in [3.63, 3.8) is 0 Å². The van der Waals surface area contributed by atoms with E-state index < -0.39 is 55.4 Å². The molecule has 1 aliphatic heterocycles. The van der Waals surface area contributed by atoms with Crippen molar-refractivity contribution in [1.82, 2.24) is 14.3 Å². The van der Waals surface area contributed by atoms with Gasteiger partial charge in [0.15, 0.2) is 16.3 Å². The normalized spacial score (nSPS) is 16.5. The fraction of sp³-hybridized carbons (Fsp3) is 0.280. The third-order valence-electron chi connectivity index (χ3n) is 6.42. The summed E-state index contributed by atoms with van der Waals surface area (Å²) in [4.78, 5) is 38.8. The number of aryl methyl sites for hydroxylation is 1. The highest BCUT2D eigenvalue weighted by Crippen LogP contribution is 2.46. The van der Waals surface area contributed by atoms with Gasteiger partial charge in [-0.05, 0) is 60.6 Å². The predicted octanol–water partition coefficient (Wildman–Crippen LogP) is 2.81. The van der Waals surface area contributed by atoms with E-state index in [2.05, 4.69) is 10.3 Å². The molecular formula is C25H24F3N5O7S2. The number of halogens is 3. The maximum absolute atomic E-state index is 14.8. The summed E-state index contributed by atoms with van der Waals surface area (Å²) in [5.41, 5.74) is -5.76. The molecule has 0 bridgehead atoms. The molecular weight excluding hydrogens is 603 g/mol. The van der Waals surface area contributed by atoms with Crippen LogP contribution in [0.1, 0.15) is 18.1 Å². The monoisotopic (exact) mass is 627 g/mol. The van der Waals surface area contributed by atoms with E-state index in [-0.39, 0.29) is 23.4 Å². The van der Waals surface area contributed by atoms with Gasteiger partial charge in [0.2, 0.25) is 21.5 Å². The zero-order valence-electron chi connectivity index (χ0n) is 22.2. The number of rotatable bonds is 9. The van der Waals surface area contributed by atoms with Crippen LogP contribution >= 0.6 is 12.2 Å². The number of aromatic amines is 1. The van der Waals surface area contributed by atoms with Gasteiger partial charge in [0.25, 0.3) is 11.5 Å². The zero-order chi connectivity index (χ0) is 31.0. The van der Waals surface area contributed by atoms with Crippen molar-refractivity contribution in [3.05, 3.63) is 68.7 Å². The van der Waals surface area contributed by atoms with E-state index in [4.69, 9.17) is 21.7 Å². The Hall–Kier alpha value is -4.22. The molecule has 2 amide bonds. The lowest BCUT2D eigenvalue weighted by molar-refractivity contribution is -0.194. The van der Waals surface area contributed by atoms with Crippen molar-refractivity contribution >= 4 is 45.6 Å².